The molecule has 276 valence electrons. The second-order valence-corrected chi connectivity index (χ2v) is 15.3. The first-order valence-electron chi connectivity index (χ1n) is 20.2. The summed E-state index contributed by atoms with van der Waals surface area (Å²) in [5, 5.41) is 9.49. The monoisotopic (exact) mass is 752 g/mol. The second kappa shape index (κ2) is 13.4. The largest absolute Gasteiger partial charge is 0.454 e. The summed E-state index contributed by atoms with van der Waals surface area (Å²) in [7, 11) is 0. The van der Waals surface area contributed by atoms with Gasteiger partial charge in [-0.05, 0) is 86.9 Å². The molecular weight excluding hydrogens is 717 g/mol. The Morgan fingerprint density at radius 2 is 0.864 bits per heavy atom. The number of hydrogen-bond acceptors (Lipinski definition) is 2. The minimum atomic E-state index is 0.843. The van der Waals surface area contributed by atoms with Gasteiger partial charge in [0, 0.05) is 44.4 Å². The Bertz CT molecular complexity index is 3490. The van der Waals surface area contributed by atoms with Crippen molar-refractivity contribution in [3.63, 3.8) is 0 Å². The molecule has 0 saturated heterocycles. The quantitative estimate of drug-likeness (QED) is 0.158. The van der Waals surface area contributed by atoms with Crippen LogP contribution in [0.4, 0.5) is 17.1 Å². The van der Waals surface area contributed by atoms with Crippen molar-refractivity contribution in [3.05, 3.63) is 218 Å². The maximum Gasteiger partial charge on any atom is 0.159 e. The highest BCUT2D eigenvalue weighted by molar-refractivity contribution is 6.16. The normalized spacial score (nSPS) is 11.7. The van der Waals surface area contributed by atoms with E-state index in [-0.39, 0.29) is 0 Å². The van der Waals surface area contributed by atoms with Gasteiger partial charge in [-0.15, -0.1) is 0 Å². The van der Waals surface area contributed by atoms with Gasteiger partial charge < -0.3 is 13.9 Å². The molecule has 0 N–H and O–H groups in total. The lowest BCUT2D eigenvalue weighted by atomic mass is 9.98. The lowest BCUT2D eigenvalue weighted by Crippen LogP contribution is -2.10. The Labute approximate surface area is 341 Å². The fourth-order valence-electron chi connectivity index (χ4n) is 9.20. The lowest BCUT2D eigenvalue weighted by Gasteiger charge is -2.27. The standard InChI is InChI=1S/C56H36N2O/c1-2-13-37(14-3-1)38-25-27-39(28-26-38)40-29-31-42(32-30-40)57(54-35-41-15-4-5-16-44(41)45-17-6-7-18-46(45)54)43-33-34-49-50-21-12-24-53(56(50)59-55(49)36-43)58-51-22-10-8-19-47(51)48-20-9-11-23-52(48)58/h1-36H. The molecule has 0 aliphatic carbocycles. The molecule has 2 heterocycles. The smallest absolute Gasteiger partial charge is 0.159 e. The highest BCUT2D eigenvalue weighted by Crippen LogP contribution is 2.45. The molecular formula is C56H36N2O. The third-order valence-electron chi connectivity index (χ3n) is 12.0. The molecule has 12 aromatic rings. The minimum absolute atomic E-state index is 0.843. The molecule has 0 aliphatic heterocycles. The van der Waals surface area contributed by atoms with Gasteiger partial charge in [-0.2, -0.15) is 0 Å². The van der Waals surface area contributed by atoms with E-state index in [0.29, 0.717) is 0 Å². The average Bonchev–Trinajstić information content (AvgIpc) is 3.85. The summed E-state index contributed by atoms with van der Waals surface area (Å²) < 4.78 is 9.34. The fourth-order valence-corrected chi connectivity index (χ4v) is 9.20. The van der Waals surface area contributed by atoms with Gasteiger partial charge in [0.15, 0.2) is 5.58 Å². The molecule has 0 unspecified atom stereocenters. The molecule has 59 heavy (non-hydrogen) atoms. The van der Waals surface area contributed by atoms with Crippen molar-refractivity contribution >= 4 is 82.4 Å². The molecule has 3 heteroatoms. The number of nitrogens with zero attached hydrogens (tertiary/aromatic N) is 2. The number of hydrogen-bond donors (Lipinski definition) is 0. The van der Waals surface area contributed by atoms with Crippen molar-refractivity contribution in [1.82, 2.24) is 4.57 Å². The van der Waals surface area contributed by atoms with Crippen molar-refractivity contribution in [2.75, 3.05) is 4.90 Å². The van der Waals surface area contributed by atoms with E-state index in [4.69, 9.17) is 4.42 Å². The summed E-state index contributed by atoms with van der Waals surface area (Å²) in [4.78, 5) is 2.39. The highest BCUT2D eigenvalue weighted by Gasteiger charge is 2.21. The first-order valence-corrected chi connectivity index (χ1v) is 20.2. The number of furan rings is 1. The first-order chi connectivity index (χ1) is 29.3. The van der Waals surface area contributed by atoms with Crippen LogP contribution < -0.4 is 4.90 Å². The van der Waals surface area contributed by atoms with E-state index in [2.05, 4.69) is 228 Å². The Balaban J connectivity index is 1.03. The van der Waals surface area contributed by atoms with Crippen LogP contribution in [-0.4, -0.2) is 4.57 Å². The summed E-state index contributed by atoms with van der Waals surface area (Å²) in [6.07, 6.45) is 0. The van der Waals surface area contributed by atoms with Crippen molar-refractivity contribution in [2.45, 2.75) is 0 Å². The van der Waals surface area contributed by atoms with Crippen LogP contribution in [0.3, 0.4) is 0 Å². The molecule has 0 aliphatic rings. The van der Waals surface area contributed by atoms with Gasteiger partial charge in [0.2, 0.25) is 0 Å². The van der Waals surface area contributed by atoms with E-state index in [1.54, 1.807) is 0 Å². The van der Waals surface area contributed by atoms with E-state index < -0.39 is 0 Å². The van der Waals surface area contributed by atoms with Crippen molar-refractivity contribution < 1.29 is 4.42 Å². The van der Waals surface area contributed by atoms with Crippen LogP contribution in [0, 0.1) is 0 Å². The predicted molar refractivity (Wildman–Crippen MR) is 249 cm³/mol. The van der Waals surface area contributed by atoms with Gasteiger partial charge in [0.05, 0.1) is 22.4 Å². The molecule has 0 radical (unpaired) electrons. The molecule has 0 fully saturated rings. The van der Waals surface area contributed by atoms with E-state index in [1.807, 2.05) is 0 Å². The zero-order valence-corrected chi connectivity index (χ0v) is 32.1. The number of aromatic nitrogens is 1. The van der Waals surface area contributed by atoms with Gasteiger partial charge in [0.1, 0.15) is 5.58 Å². The molecule has 0 amide bonds. The van der Waals surface area contributed by atoms with E-state index in [1.165, 1.54) is 54.6 Å². The van der Waals surface area contributed by atoms with Crippen LogP contribution in [0.5, 0.6) is 0 Å². The molecule has 3 nitrogen and oxygen atoms in total. The van der Waals surface area contributed by atoms with Crippen LogP contribution >= 0.6 is 0 Å². The van der Waals surface area contributed by atoms with Crippen molar-refractivity contribution in [2.24, 2.45) is 0 Å². The zero-order valence-electron chi connectivity index (χ0n) is 32.1. The van der Waals surface area contributed by atoms with Gasteiger partial charge in [-0.1, -0.05) is 164 Å². The van der Waals surface area contributed by atoms with Crippen LogP contribution in [0.1, 0.15) is 0 Å². The fraction of sp³-hybridized carbons (Fsp3) is 0. The lowest BCUT2D eigenvalue weighted by molar-refractivity contribution is 0.666. The summed E-state index contributed by atoms with van der Waals surface area (Å²) in [5.41, 5.74) is 13.0. The maximum atomic E-state index is 7.00. The van der Waals surface area contributed by atoms with Crippen LogP contribution in [0.2, 0.25) is 0 Å². The molecule has 2 aromatic heterocycles. The van der Waals surface area contributed by atoms with Gasteiger partial charge >= 0.3 is 0 Å². The Hall–Kier alpha value is -7.88. The summed E-state index contributed by atoms with van der Waals surface area (Å²) >= 11 is 0. The van der Waals surface area contributed by atoms with Gasteiger partial charge in [0.25, 0.3) is 0 Å². The summed E-state index contributed by atoms with van der Waals surface area (Å²) in [6.45, 7) is 0. The maximum absolute atomic E-state index is 7.00. The van der Waals surface area contributed by atoms with Crippen LogP contribution in [0.25, 0.3) is 93.2 Å². The second-order valence-electron chi connectivity index (χ2n) is 15.3. The summed E-state index contributed by atoms with van der Waals surface area (Å²) in [6, 6.07) is 78.6. The molecule has 0 bridgehead atoms. The van der Waals surface area contributed by atoms with Crippen LogP contribution in [-0.2, 0) is 0 Å². The van der Waals surface area contributed by atoms with E-state index in [0.717, 1.165) is 55.7 Å². The summed E-state index contributed by atoms with van der Waals surface area (Å²) in [5.74, 6) is 0. The topological polar surface area (TPSA) is 21.3 Å². The number of anilines is 3. The highest BCUT2D eigenvalue weighted by atomic mass is 16.3. The molecule has 0 spiro atoms. The number of para-hydroxylation sites is 3. The number of fused-ring (bicyclic) bond motifs is 9. The van der Waals surface area contributed by atoms with E-state index >= 15 is 0 Å². The van der Waals surface area contributed by atoms with Crippen molar-refractivity contribution in [3.8, 4) is 27.9 Å². The van der Waals surface area contributed by atoms with E-state index in [9.17, 15) is 0 Å². The Kier molecular flexibility index (Phi) is 7.54. The number of benzene rings is 10. The Morgan fingerprint density at radius 3 is 1.56 bits per heavy atom. The van der Waals surface area contributed by atoms with Gasteiger partial charge in [-0.25, -0.2) is 0 Å². The molecule has 12 rings (SSSR count). The third kappa shape index (κ3) is 5.36. The SMILES string of the molecule is c1ccc(-c2ccc(-c3ccc(N(c4ccc5c(c4)oc4c(-n6c7ccccc7c7ccccc76)cccc45)c4cc5ccccc5c5ccccc45)cc3)cc2)cc1. The minimum Gasteiger partial charge on any atom is -0.454 e. The molecule has 0 atom stereocenters. The molecule has 10 aromatic carbocycles. The third-order valence-corrected chi connectivity index (χ3v) is 12.0. The predicted octanol–water partition coefficient (Wildman–Crippen LogP) is 15.8. The Morgan fingerprint density at radius 1 is 0.339 bits per heavy atom. The first kappa shape index (κ1) is 33.3. The zero-order chi connectivity index (χ0) is 38.9. The van der Waals surface area contributed by atoms with Crippen LogP contribution in [0.15, 0.2) is 223 Å². The number of rotatable bonds is 6. The molecule has 0 saturated carbocycles. The van der Waals surface area contributed by atoms with Gasteiger partial charge in [-0.3, -0.25) is 0 Å². The van der Waals surface area contributed by atoms with Crippen molar-refractivity contribution in [1.29, 1.82) is 0 Å². The average molecular weight is 753 g/mol.